The number of rotatable bonds is 3. The molecular formula is C17H19N3O2. The standard InChI is InChI=1S/C15H13N3O2.C2H6/c1-20-15(19)11-3-5-12(6-4-11)18-14-7-2-10(9-16)8-13(14)17;1-2/h2-8,18H,17H2,1H3;1-2H3. The Bertz CT molecular complexity index is 673. The molecule has 0 heterocycles. The zero-order valence-electron chi connectivity index (χ0n) is 12.9. The molecule has 3 N–H and O–H groups in total. The number of nitriles is 1. The summed E-state index contributed by atoms with van der Waals surface area (Å²) in [5.74, 6) is -0.380. The van der Waals surface area contributed by atoms with Crippen molar-refractivity contribution < 1.29 is 9.53 Å². The minimum Gasteiger partial charge on any atom is -0.465 e. The van der Waals surface area contributed by atoms with E-state index in [0.717, 1.165) is 5.69 Å². The first kappa shape index (κ1) is 17.1. The van der Waals surface area contributed by atoms with Crippen molar-refractivity contribution in [3.05, 3.63) is 53.6 Å². The van der Waals surface area contributed by atoms with Crippen LogP contribution in [0.3, 0.4) is 0 Å². The molecule has 0 saturated carbocycles. The summed E-state index contributed by atoms with van der Waals surface area (Å²) in [7, 11) is 1.34. The van der Waals surface area contributed by atoms with E-state index in [1.54, 1.807) is 42.5 Å². The fourth-order valence-electron chi connectivity index (χ4n) is 1.71. The second-order valence-electron chi connectivity index (χ2n) is 4.11. The van der Waals surface area contributed by atoms with Crippen LogP contribution in [0.4, 0.5) is 17.1 Å². The number of esters is 1. The van der Waals surface area contributed by atoms with E-state index in [-0.39, 0.29) is 5.97 Å². The number of nitrogens with zero attached hydrogens (tertiary/aromatic N) is 1. The van der Waals surface area contributed by atoms with Crippen molar-refractivity contribution >= 4 is 23.0 Å². The van der Waals surface area contributed by atoms with E-state index in [4.69, 9.17) is 11.0 Å². The Balaban J connectivity index is 0.00000116. The van der Waals surface area contributed by atoms with Gasteiger partial charge in [0.2, 0.25) is 0 Å². The van der Waals surface area contributed by atoms with Gasteiger partial charge in [0.15, 0.2) is 0 Å². The Hall–Kier alpha value is -3.00. The van der Waals surface area contributed by atoms with Gasteiger partial charge in [-0.25, -0.2) is 4.79 Å². The van der Waals surface area contributed by atoms with E-state index in [0.29, 0.717) is 22.5 Å². The lowest BCUT2D eigenvalue weighted by Crippen LogP contribution is -2.01. The molecule has 0 saturated heterocycles. The zero-order chi connectivity index (χ0) is 16.5. The molecule has 0 aliphatic carbocycles. The molecule has 5 nitrogen and oxygen atoms in total. The van der Waals surface area contributed by atoms with Crippen LogP contribution in [0.25, 0.3) is 0 Å². The molecule has 2 rings (SSSR count). The minimum absolute atomic E-state index is 0.380. The number of ether oxygens (including phenoxy) is 1. The number of nitrogens with two attached hydrogens (primary N) is 1. The van der Waals surface area contributed by atoms with Gasteiger partial charge >= 0.3 is 5.97 Å². The third-order valence-corrected chi connectivity index (χ3v) is 2.77. The normalized spacial score (nSPS) is 9.00. The molecule has 2 aromatic carbocycles. The molecule has 22 heavy (non-hydrogen) atoms. The molecule has 0 bridgehead atoms. The van der Waals surface area contributed by atoms with Crippen LogP contribution in [0, 0.1) is 11.3 Å². The lowest BCUT2D eigenvalue weighted by molar-refractivity contribution is 0.0601. The van der Waals surface area contributed by atoms with Crippen LogP contribution in [0.5, 0.6) is 0 Å². The lowest BCUT2D eigenvalue weighted by atomic mass is 10.1. The van der Waals surface area contributed by atoms with Gasteiger partial charge in [-0.3, -0.25) is 0 Å². The van der Waals surface area contributed by atoms with Crippen LogP contribution in [0.1, 0.15) is 29.8 Å². The maximum absolute atomic E-state index is 11.3. The molecule has 0 fully saturated rings. The zero-order valence-corrected chi connectivity index (χ0v) is 12.9. The Morgan fingerprint density at radius 2 is 1.82 bits per heavy atom. The fourth-order valence-corrected chi connectivity index (χ4v) is 1.71. The number of carbonyl (C=O) groups excluding carboxylic acids is 1. The third-order valence-electron chi connectivity index (χ3n) is 2.77. The summed E-state index contributed by atoms with van der Waals surface area (Å²) < 4.78 is 4.63. The Kier molecular flexibility index (Phi) is 6.45. The topological polar surface area (TPSA) is 88.1 Å². The van der Waals surface area contributed by atoms with Gasteiger partial charge in [0.25, 0.3) is 0 Å². The van der Waals surface area contributed by atoms with Gasteiger partial charge in [-0.05, 0) is 42.5 Å². The van der Waals surface area contributed by atoms with E-state index in [1.165, 1.54) is 7.11 Å². The van der Waals surface area contributed by atoms with Crippen molar-refractivity contribution in [2.45, 2.75) is 13.8 Å². The molecule has 0 amide bonds. The predicted molar refractivity (Wildman–Crippen MR) is 88.0 cm³/mol. The Morgan fingerprint density at radius 1 is 1.18 bits per heavy atom. The predicted octanol–water partition coefficient (Wildman–Crippen LogP) is 3.70. The van der Waals surface area contributed by atoms with Gasteiger partial charge in [0.1, 0.15) is 0 Å². The number of nitrogens with one attached hydrogen (secondary N) is 1. The molecule has 0 unspecified atom stereocenters. The maximum Gasteiger partial charge on any atom is 0.337 e. The van der Waals surface area contributed by atoms with E-state index >= 15 is 0 Å². The van der Waals surface area contributed by atoms with Crippen molar-refractivity contribution in [2.24, 2.45) is 0 Å². The number of methoxy groups -OCH3 is 1. The van der Waals surface area contributed by atoms with Crippen molar-refractivity contribution in [2.75, 3.05) is 18.2 Å². The smallest absolute Gasteiger partial charge is 0.337 e. The summed E-state index contributed by atoms with van der Waals surface area (Å²) in [5.41, 5.74) is 8.82. The van der Waals surface area contributed by atoms with Gasteiger partial charge in [-0.15, -0.1) is 0 Å². The minimum atomic E-state index is -0.380. The van der Waals surface area contributed by atoms with Gasteiger partial charge in [0.05, 0.1) is 35.7 Å². The molecule has 114 valence electrons. The molecule has 0 aliphatic rings. The van der Waals surface area contributed by atoms with E-state index < -0.39 is 0 Å². The summed E-state index contributed by atoms with van der Waals surface area (Å²) in [4.78, 5) is 11.3. The first-order valence-electron chi connectivity index (χ1n) is 6.89. The monoisotopic (exact) mass is 297 g/mol. The molecule has 5 heteroatoms. The molecule has 0 spiro atoms. The Labute approximate surface area is 130 Å². The van der Waals surface area contributed by atoms with Gasteiger partial charge in [-0.1, -0.05) is 13.8 Å². The van der Waals surface area contributed by atoms with Crippen molar-refractivity contribution in [3.63, 3.8) is 0 Å². The number of anilines is 3. The molecule has 0 aromatic heterocycles. The number of nitrogen functional groups attached to an aromatic ring is 1. The van der Waals surface area contributed by atoms with Gasteiger partial charge in [0, 0.05) is 5.69 Å². The number of hydrogen-bond donors (Lipinski definition) is 2. The van der Waals surface area contributed by atoms with Crippen LogP contribution in [0.15, 0.2) is 42.5 Å². The number of benzene rings is 2. The summed E-state index contributed by atoms with van der Waals surface area (Å²) in [6.07, 6.45) is 0. The highest BCUT2D eigenvalue weighted by Gasteiger charge is 2.05. The second-order valence-corrected chi connectivity index (χ2v) is 4.11. The molecule has 0 atom stereocenters. The molecule has 2 aromatic rings. The van der Waals surface area contributed by atoms with E-state index in [2.05, 4.69) is 10.1 Å². The van der Waals surface area contributed by atoms with Crippen molar-refractivity contribution in [3.8, 4) is 6.07 Å². The largest absolute Gasteiger partial charge is 0.465 e. The average molecular weight is 297 g/mol. The van der Waals surface area contributed by atoms with Gasteiger partial charge in [-0.2, -0.15) is 5.26 Å². The summed E-state index contributed by atoms with van der Waals surface area (Å²) >= 11 is 0. The van der Waals surface area contributed by atoms with Gasteiger partial charge < -0.3 is 15.8 Å². The first-order chi connectivity index (χ1) is 10.6. The highest BCUT2D eigenvalue weighted by Crippen LogP contribution is 2.24. The lowest BCUT2D eigenvalue weighted by Gasteiger charge is -2.10. The molecular weight excluding hydrogens is 278 g/mol. The first-order valence-corrected chi connectivity index (χ1v) is 6.89. The van der Waals surface area contributed by atoms with Crippen LogP contribution in [-0.2, 0) is 4.74 Å². The second kappa shape index (κ2) is 8.32. The maximum atomic E-state index is 11.3. The molecule has 0 radical (unpaired) electrons. The van der Waals surface area contributed by atoms with E-state index in [9.17, 15) is 4.79 Å². The van der Waals surface area contributed by atoms with Crippen molar-refractivity contribution in [1.82, 2.24) is 0 Å². The number of hydrogen-bond acceptors (Lipinski definition) is 5. The number of carbonyl (C=O) groups is 1. The van der Waals surface area contributed by atoms with Crippen LogP contribution in [-0.4, -0.2) is 13.1 Å². The highest BCUT2D eigenvalue weighted by atomic mass is 16.5. The molecule has 0 aliphatic heterocycles. The SMILES string of the molecule is CC.COC(=O)c1ccc(Nc2ccc(C#N)cc2N)cc1. The third kappa shape index (κ3) is 4.25. The fraction of sp³-hybridized carbons (Fsp3) is 0.176. The average Bonchev–Trinajstić information content (AvgIpc) is 2.58. The Morgan fingerprint density at radius 3 is 2.32 bits per heavy atom. The summed E-state index contributed by atoms with van der Waals surface area (Å²) in [6, 6.07) is 13.9. The quantitative estimate of drug-likeness (QED) is 0.666. The summed E-state index contributed by atoms with van der Waals surface area (Å²) in [6.45, 7) is 4.00. The summed E-state index contributed by atoms with van der Waals surface area (Å²) in [5, 5.41) is 11.9. The van der Waals surface area contributed by atoms with Crippen LogP contribution >= 0.6 is 0 Å². The van der Waals surface area contributed by atoms with Crippen LogP contribution in [0.2, 0.25) is 0 Å². The highest BCUT2D eigenvalue weighted by molar-refractivity contribution is 5.90. The van der Waals surface area contributed by atoms with E-state index in [1.807, 2.05) is 19.9 Å². The van der Waals surface area contributed by atoms with Crippen molar-refractivity contribution in [1.29, 1.82) is 5.26 Å². The van der Waals surface area contributed by atoms with Crippen LogP contribution < -0.4 is 11.1 Å².